The summed E-state index contributed by atoms with van der Waals surface area (Å²) >= 11 is 5.54. The van der Waals surface area contributed by atoms with Gasteiger partial charge in [0.2, 0.25) is 0 Å². The number of alkyl halides is 1. The lowest BCUT2D eigenvalue weighted by molar-refractivity contribution is 0.142. The van der Waals surface area contributed by atoms with Crippen LogP contribution in [0.25, 0.3) is 0 Å². The highest BCUT2D eigenvalue weighted by atomic mass is 35.5. The van der Waals surface area contributed by atoms with E-state index in [4.69, 9.17) is 16.3 Å². The van der Waals surface area contributed by atoms with Crippen molar-refractivity contribution < 1.29 is 13.5 Å². The molecule has 2 rings (SSSR count). The van der Waals surface area contributed by atoms with E-state index < -0.39 is 11.6 Å². The summed E-state index contributed by atoms with van der Waals surface area (Å²) in [6, 6.07) is 2.46. The van der Waals surface area contributed by atoms with Crippen molar-refractivity contribution in [1.29, 1.82) is 0 Å². The van der Waals surface area contributed by atoms with Crippen molar-refractivity contribution in [1.82, 2.24) is 0 Å². The average Bonchev–Trinajstić information content (AvgIpc) is 2.35. The minimum Gasteiger partial charge on any atom is -0.484 e. The second-order valence-electron chi connectivity index (χ2n) is 4.40. The molecule has 0 saturated heterocycles. The van der Waals surface area contributed by atoms with Crippen LogP contribution in [0.2, 0.25) is 0 Å². The van der Waals surface area contributed by atoms with E-state index in [1.54, 1.807) is 0 Å². The lowest BCUT2D eigenvalue weighted by Gasteiger charge is -2.23. The third-order valence-corrected chi connectivity index (χ3v) is 3.36. The van der Waals surface area contributed by atoms with Gasteiger partial charge in [0.1, 0.15) is 0 Å². The summed E-state index contributed by atoms with van der Waals surface area (Å²) in [5.41, 5.74) is 0.428. The maximum atomic E-state index is 13.6. The minimum atomic E-state index is -0.661. The van der Waals surface area contributed by atoms with E-state index in [1.165, 1.54) is 18.6 Å². The lowest BCUT2D eigenvalue weighted by Crippen LogP contribution is -2.20. The van der Waals surface area contributed by atoms with Gasteiger partial charge in [-0.15, -0.1) is 11.6 Å². The van der Waals surface area contributed by atoms with Crippen molar-refractivity contribution in [2.24, 2.45) is 0 Å². The topological polar surface area (TPSA) is 9.23 Å². The van der Waals surface area contributed by atoms with Gasteiger partial charge in [0, 0.05) is 5.88 Å². The van der Waals surface area contributed by atoms with Crippen molar-refractivity contribution in [3.05, 3.63) is 29.3 Å². The van der Waals surface area contributed by atoms with Gasteiger partial charge in [0.25, 0.3) is 0 Å². The van der Waals surface area contributed by atoms with Crippen LogP contribution in [0.3, 0.4) is 0 Å². The Morgan fingerprint density at radius 2 is 1.71 bits per heavy atom. The van der Waals surface area contributed by atoms with E-state index in [0.29, 0.717) is 5.56 Å². The first kappa shape index (κ1) is 12.6. The summed E-state index contributed by atoms with van der Waals surface area (Å²) < 4.78 is 32.7. The first-order valence-corrected chi connectivity index (χ1v) is 6.44. The molecule has 0 aliphatic heterocycles. The summed E-state index contributed by atoms with van der Waals surface area (Å²) in [6.45, 7) is 0. The summed E-state index contributed by atoms with van der Waals surface area (Å²) in [5, 5.41) is 0. The van der Waals surface area contributed by atoms with Crippen LogP contribution in [0.15, 0.2) is 12.1 Å². The molecule has 94 valence electrons. The normalized spacial score (nSPS) is 17.1. The van der Waals surface area contributed by atoms with Crippen LogP contribution in [0.4, 0.5) is 8.78 Å². The fraction of sp³-hybridized carbons (Fsp3) is 0.538. The molecular formula is C13H15ClF2O. The van der Waals surface area contributed by atoms with Gasteiger partial charge >= 0.3 is 0 Å². The predicted octanol–water partition coefficient (Wildman–Crippen LogP) is 4.42. The van der Waals surface area contributed by atoms with Crippen molar-refractivity contribution >= 4 is 11.6 Å². The predicted molar refractivity (Wildman–Crippen MR) is 63.4 cm³/mol. The largest absolute Gasteiger partial charge is 0.484 e. The molecule has 0 bridgehead atoms. The summed E-state index contributed by atoms with van der Waals surface area (Å²) in [4.78, 5) is 0. The van der Waals surface area contributed by atoms with E-state index in [1.807, 2.05) is 0 Å². The van der Waals surface area contributed by atoms with Crippen LogP contribution in [0.1, 0.15) is 37.7 Å². The molecular weight excluding hydrogens is 246 g/mol. The van der Waals surface area contributed by atoms with Gasteiger partial charge in [-0.25, -0.2) is 8.78 Å². The first-order chi connectivity index (χ1) is 8.20. The van der Waals surface area contributed by atoms with Gasteiger partial charge in [-0.2, -0.15) is 0 Å². The highest BCUT2D eigenvalue weighted by Crippen LogP contribution is 2.28. The fourth-order valence-corrected chi connectivity index (χ4v) is 2.31. The number of rotatable bonds is 3. The van der Waals surface area contributed by atoms with Gasteiger partial charge in [0.15, 0.2) is 17.4 Å². The van der Waals surface area contributed by atoms with Gasteiger partial charge < -0.3 is 4.74 Å². The zero-order chi connectivity index (χ0) is 12.3. The van der Waals surface area contributed by atoms with Crippen LogP contribution >= 0.6 is 11.6 Å². The fourth-order valence-electron chi connectivity index (χ4n) is 2.15. The highest BCUT2D eigenvalue weighted by molar-refractivity contribution is 6.17. The third kappa shape index (κ3) is 3.09. The van der Waals surface area contributed by atoms with Gasteiger partial charge in [0.05, 0.1) is 6.10 Å². The Hall–Kier alpha value is -0.830. The van der Waals surface area contributed by atoms with E-state index in [0.717, 1.165) is 25.7 Å². The number of ether oxygens (including phenoxy) is 1. The smallest absolute Gasteiger partial charge is 0.191 e. The molecule has 1 aromatic rings. The molecule has 4 heteroatoms. The Labute approximate surface area is 105 Å². The van der Waals surface area contributed by atoms with Crippen molar-refractivity contribution in [3.63, 3.8) is 0 Å². The molecule has 1 aromatic carbocycles. The SMILES string of the molecule is Fc1cc(CCl)cc(F)c1OC1CCCCC1. The zero-order valence-electron chi connectivity index (χ0n) is 9.52. The lowest BCUT2D eigenvalue weighted by atomic mass is 9.98. The molecule has 0 heterocycles. The Kier molecular flexibility index (Phi) is 4.21. The van der Waals surface area contributed by atoms with E-state index in [-0.39, 0.29) is 17.7 Å². The molecule has 1 aliphatic rings. The van der Waals surface area contributed by atoms with Crippen molar-refractivity contribution in [2.45, 2.75) is 44.1 Å². The van der Waals surface area contributed by atoms with E-state index >= 15 is 0 Å². The van der Waals surface area contributed by atoms with Crippen molar-refractivity contribution in [2.75, 3.05) is 0 Å². The summed E-state index contributed by atoms with van der Waals surface area (Å²) in [6.07, 6.45) is 4.98. The average molecular weight is 261 g/mol. The van der Waals surface area contributed by atoms with Crippen LogP contribution in [0.5, 0.6) is 5.75 Å². The Morgan fingerprint density at radius 3 is 2.24 bits per heavy atom. The van der Waals surface area contributed by atoms with E-state index in [2.05, 4.69) is 0 Å². The summed E-state index contributed by atoms with van der Waals surface area (Å²) in [7, 11) is 0. The number of hydrogen-bond donors (Lipinski definition) is 0. The van der Waals surface area contributed by atoms with Crippen LogP contribution in [-0.2, 0) is 5.88 Å². The Bertz CT molecular complexity index is 366. The molecule has 17 heavy (non-hydrogen) atoms. The van der Waals surface area contributed by atoms with Gasteiger partial charge in [-0.05, 0) is 43.4 Å². The second-order valence-corrected chi connectivity index (χ2v) is 4.67. The summed E-state index contributed by atoms with van der Waals surface area (Å²) in [5.74, 6) is -1.49. The molecule has 1 nitrogen and oxygen atoms in total. The standard InChI is InChI=1S/C13H15ClF2O/c14-8-9-6-11(15)13(12(16)7-9)17-10-4-2-1-3-5-10/h6-7,10H,1-5,8H2. The molecule has 0 N–H and O–H groups in total. The third-order valence-electron chi connectivity index (χ3n) is 3.05. The molecule has 0 amide bonds. The maximum absolute atomic E-state index is 13.6. The number of hydrogen-bond acceptors (Lipinski definition) is 1. The molecule has 1 saturated carbocycles. The Morgan fingerprint density at radius 1 is 1.12 bits per heavy atom. The van der Waals surface area contributed by atoms with Crippen LogP contribution in [-0.4, -0.2) is 6.10 Å². The molecule has 0 atom stereocenters. The number of benzene rings is 1. The minimum absolute atomic E-state index is 0.0606. The van der Waals surface area contributed by atoms with Crippen molar-refractivity contribution in [3.8, 4) is 5.75 Å². The highest BCUT2D eigenvalue weighted by Gasteiger charge is 2.19. The molecule has 0 aromatic heterocycles. The van der Waals surface area contributed by atoms with Gasteiger partial charge in [-0.3, -0.25) is 0 Å². The van der Waals surface area contributed by atoms with E-state index in [9.17, 15) is 8.78 Å². The first-order valence-electron chi connectivity index (χ1n) is 5.91. The second kappa shape index (κ2) is 5.67. The molecule has 1 aliphatic carbocycles. The Balaban J connectivity index is 2.14. The van der Waals surface area contributed by atoms with Crippen LogP contribution < -0.4 is 4.74 Å². The zero-order valence-corrected chi connectivity index (χ0v) is 10.3. The molecule has 1 fully saturated rings. The van der Waals surface area contributed by atoms with Gasteiger partial charge in [-0.1, -0.05) is 6.42 Å². The molecule has 0 unspecified atom stereocenters. The monoisotopic (exact) mass is 260 g/mol. The maximum Gasteiger partial charge on any atom is 0.191 e. The quantitative estimate of drug-likeness (QED) is 0.731. The van der Waals surface area contributed by atoms with Crippen LogP contribution in [0, 0.1) is 11.6 Å². The molecule has 0 spiro atoms. The number of halogens is 3. The molecule has 0 radical (unpaired) electrons.